The van der Waals surface area contributed by atoms with Crippen LogP contribution in [0.25, 0.3) is 5.70 Å². The van der Waals surface area contributed by atoms with Gasteiger partial charge in [0.2, 0.25) is 0 Å². The van der Waals surface area contributed by atoms with Crippen molar-refractivity contribution < 1.29 is 0 Å². The summed E-state index contributed by atoms with van der Waals surface area (Å²) in [6, 6.07) is 6.22. The van der Waals surface area contributed by atoms with Crippen LogP contribution in [0.1, 0.15) is 11.1 Å². The topological polar surface area (TPSA) is 15.6 Å². The van der Waals surface area contributed by atoms with Crippen molar-refractivity contribution in [1.29, 1.82) is 0 Å². The zero-order valence-electron chi connectivity index (χ0n) is 9.31. The maximum Gasteiger partial charge on any atom is 0.168 e. The Balaban J connectivity index is 0.00000108. The Morgan fingerprint density at radius 2 is 2.24 bits per heavy atom. The van der Waals surface area contributed by atoms with Crippen molar-refractivity contribution in [1.82, 2.24) is 4.90 Å². The molecule has 0 bridgehead atoms. The van der Waals surface area contributed by atoms with E-state index in [0.29, 0.717) is 0 Å². The average molecular weight is 332 g/mol. The molecular formula is C12H12BrClN2S. The van der Waals surface area contributed by atoms with Crippen LogP contribution in [0.4, 0.5) is 0 Å². The smallest absolute Gasteiger partial charge is 0.168 e. The molecule has 2 aliphatic rings. The number of aliphatic imine (C=N–C) groups is 1. The third-order valence-electron chi connectivity index (χ3n) is 2.84. The Morgan fingerprint density at radius 1 is 1.41 bits per heavy atom. The van der Waals surface area contributed by atoms with Gasteiger partial charge in [-0.05, 0) is 18.6 Å². The largest absolute Gasteiger partial charge is 0.318 e. The molecule has 0 atom stereocenters. The van der Waals surface area contributed by atoms with E-state index in [9.17, 15) is 0 Å². The third-order valence-corrected chi connectivity index (χ3v) is 4.14. The predicted octanol–water partition coefficient (Wildman–Crippen LogP) is 3.94. The molecule has 0 aliphatic carbocycles. The predicted molar refractivity (Wildman–Crippen MR) is 81.1 cm³/mol. The van der Waals surface area contributed by atoms with Gasteiger partial charge in [-0.25, -0.2) is 0 Å². The molecule has 2 aliphatic heterocycles. The summed E-state index contributed by atoms with van der Waals surface area (Å²) in [5, 5.41) is 4.10. The molecule has 0 unspecified atom stereocenters. The number of rotatable bonds is 1. The van der Waals surface area contributed by atoms with Gasteiger partial charge >= 0.3 is 0 Å². The lowest BCUT2D eigenvalue weighted by Crippen LogP contribution is -2.19. The van der Waals surface area contributed by atoms with Crippen LogP contribution in [-0.4, -0.2) is 23.2 Å². The summed E-state index contributed by atoms with van der Waals surface area (Å²) in [6.07, 6.45) is 0. The summed E-state index contributed by atoms with van der Waals surface area (Å²) < 4.78 is 0. The molecule has 3 rings (SSSR count). The Bertz CT molecular complexity index is 513. The molecule has 1 aromatic carbocycles. The molecule has 0 saturated heterocycles. The molecule has 0 N–H and O–H groups in total. The van der Waals surface area contributed by atoms with Crippen LogP contribution in [0.2, 0.25) is 5.02 Å². The fraction of sp³-hybridized carbons (Fsp3) is 0.250. The van der Waals surface area contributed by atoms with Crippen LogP contribution in [0.15, 0.2) is 28.6 Å². The fourth-order valence-corrected chi connectivity index (χ4v) is 3.04. The van der Waals surface area contributed by atoms with Gasteiger partial charge in [0.15, 0.2) is 5.17 Å². The number of fused-ring (bicyclic) bond motifs is 1. The first-order valence-electron chi connectivity index (χ1n) is 5.21. The van der Waals surface area contributed by atoms with Crippen molar-refractivity contribution in [2.24, 2.45) is 4.99 Å². The fourth-order valence-electron chi connectivity index (χ4n) is 1.90. The van der Waals surface area contributed by atoms with Crippen molar-refractivity contribution in [2.75, 3.05) is 13.1 Å². The van der Waals surface area contributed by atoms with Crippen molar-refractivity contribution >= 4 is 51.2 Å². The van der Waals surface area contributed by atoms with E-state index in [1.165, 1.54) is 11.3 Å². The van der Waals surface area contributed by atoms with E-state index >= 15 is 0 Å². The Hall–Kier alpha value is -0.450. The van der Waals surface area contributed by atoms with Gasteiger partial charge in [-0.15, -0.1) is 17.0 Å². The summed E-state index contributed by atoms with van der Waals surface area (Å²) in [5.41, 5.74) is 3.52. The minimum absolute atomic E-state index is 0. The molecule has 0 fully saturated rings. The highest BCUT2D eigenvalue weighted by atomic mass is 79.9. The van der Waals surface area contributed by atoms with Gasteiger partial charge in [0.25, 0.3) is 0 Å². The zero-order valence-corrected chi connectivity index (χ0v) is 12.6. The van der Waals surface area contributed by atoms with Crippen LogP contribution >= 0.6 is 40.3 Å². The van der Waals surface area contributed by atoms with E-state index in [-0.39, 0.29) is 17.0 Å². The van der Waals surface area contributed by atoms with E-state index in [0.717, 1.165) is 28.8 Å². The number of thioether (sulfide) groups is 1. The highest BCUT2D eigenvalue weighted by Gasteiger charge is 2.27. The van der Waals surface area contributed by atoms with Crippen LogP contribution in [0.3, 0.4) is 0 Å². The van der Waals surface area contributed by atoms with Crippen LogP contribution in [0, 0.1) is 6.92 Å². The number of halogens is 2. The second-order valence-electron chi connectivity index (χ2n) is 3.90. The van der Waals surface area contributed by atoms with Crippen LogP contribution < -0.4 is 0 Å². The maximum atomic E-state index is 6.15. The second-order valence-corrected chi connectivity index (χ2v) is 5.14. The van der Waals surface area contributed by atoms with Crippen LogP contribution in [0.5, 0.6) is 0 Å². The molecule has 2 heterocycles. The minimum Gasteiger partial charge on any atom is -0.318 e. The molecule has 0 spiro atoms. The van der Waals surface area contributed by atoms with Crippen molar-refractivity contribution in [2.45, 2.75) is 6.92 Å². The first kappa shape index (κ1) is 13.0. The Morgan fingerprint density at radius 3 is 3.00 bits per heavy atom. The SMILES string of the molecule is Br.Cc1ccc(C2=CSC3=NCCN23)cc1Cl. The third kappa shape index (κ3) is 2.26. The second kappa shape index (κ2) is 5.04. The monoisotopic (exact) mass is 330 g/mol. The molecule has 0 saturated carbocycles. The lowest BCUT2D eigenvalue weighted by Gasteiger charge is -2.17. The number of benzene rings is 1. The number of aryl methyl sites for hydroxylation is 1. The summed E-state index contributed by atoms with van der Waals surface area (Å²) >= 11 is 7.85. The average Bonchev–Trinajstić information content (AvgIpc) is 2.83. The van der Waals surface area contributed by atoms with Crippen molar-refractivity contribution in [3.8, 4) is 0 Å². The van der Waals surface area contributed by atoms with Gasteiger partial charge in [-0.1, -0.05) is 35.5 Å². The first-order valence-corrected chi connectivity index (χ1v) is 6.47. The highest BCUT2D eigenvalue weighted by Crippen LogP contribution is 2.36. The number of hydrogen-bond acceptors (Lipinski definition) is 3. The van der Waals surface area contributed by atoms with E-state index in [1.807, 2.05) is 13.0 Å². The summed E-state index contributed by atoms with van der Waals surface area (Å²) in [7, 11) is 0. The summed E-state index contributed by atoms with van der Waals surface area (Å²) in [4.78, 5) is 6.69. The maximum absolute atomic E-state index is 6.15. The molecule has 0 amide bonds. The molecule has 0 aromatic heterocycles. The van der Waals surface area contributed by atoms with E-state index in [4.69, 9.17) is 11.6 Å². The van der Waals surface area contributed by atoms with Gasteiger partial charge in [-0.2, -0.15) is 0 Å². The molecule has 90 valence electrons. The van der Waals surface area contributed by atoms with Crippen LogP contribution in [-0.2, 0) is 0 Å². The van der Waals surface area contributed by atoms with Crippen molar-refractivity contribution in [3.05, 3.63) is 39.8 Å². The summed E-state index contributed by atoms with van der Waals surface area (Å²) in [5.74, 6) is 0. The normalized spacial score (nSPS) is 17.4. The van der Waals surface area contributed by atoms with E-state index in [2.05, 4.69) is 27.4 Å². The van der Waals surface area contributed by atoms with E-state index in [1.54, 1.807) is 11.8 Å². The van der Waals surface area contributed by atoms with Gasteiger partial charge in [-0.3, -0.25) is 4.99 Å². The zero-order chi connectivity index (χ0) is 11.1. The van der Waals surface area contributed by atoms with E-state index < -0.39 is 0 Å². The first-order chi connectivity index (χ1) is 7.75. The van der Waals surface area contributed by atoms with Gasteiger partial charge in [0.1, 0.15) is 0 Å². The quantitative estimate of drug-likeness (QED) is 0.774. The Labute approximate surface area is 121 Å². The molecule has 1 aromatic rings. The standard InChI is InChI=1S/C12H11ClN2S.BrH/c1-8-2-3-9(6-10(8)13)11-7-16-12-14-4-5-15(11)12;/h2-3,6-7H,4-5H2,1H3;1H. The minimum atomic E-state index is 0. The van der Waals surface area contributed by atoms with Gasteiger partial charge in [0.05, 0.1) is 12.2 Å². The van der Waals surface area contributed by atoms with Gasteiger partial charge in [0, 0.05) is 22.5 Å². The number of nitrogens with zero attached hydrogens (tertiary/aromatic N) is 2. The number of hydrogen-bond donors (Lipinski definition) is 0. The lowest BCUT2D eigenvalue weighted by atomic mass is 10.1. The van der Waals surface area contributed by atoms with Gasteiger partial charge < -0.3 is 4.90 Å². The molecule has 17 heavy (non-hydrogen) atoms. The number of amidine groups is 1. The molecular weight excluding hydrogens is 320 g/mol. The molecule has 5 heteroatoms. The Kier molecular flexibility index (Phi) is 3.85. The van der Waals surface area contributed by atoms with Crippen molar-refractivity contribution in [3.63, 3.8) is 0 Å². The molecule has 2 nitrogen and oxygen atoms in total. The highest BCUT2D eigenvalue weighted by molar-refractivity contribution is 8.93. The molecule has 0 radical (unpaired) electrons. The lowest BCUT2D eigenvalue weighted by molar-refractivity contribution is 0.650. The summed E-state index contributed by atoms with van der Waals surface area (Å²) in [6.45, 7) is 3.91.